The summed E-state index contributed by atoms with van der Waals surface area (Å²) in [6, 6.07) is 16.6. The van der Waals surface area contributed by atoms with E-state index in [4.69, 9.17) is 5.73 Å². The molecule has 1 fully saturated rings. The predicted molar refractivity (Wildman–Crippen MR) is 130 cm³/mol. The predicted octanol–water partition coefficient (Wildman–Crippen LogP) is 2.85. The summed E-state index contributed by atoms with van der Waals surface area (Å²) in [6.45, 7) is 1.29. The number of para-hydroxylation sites is 2. The molecule has 1 aliphatic rings. The molecule has 0 radical (unpaired) electrons. The van der Waals surface area contributed by atoms with Gasteiger partial charge in [-0.25, -0.2) is 4.68 Å². The molecule has 34 heavy (non-hydrogen) atoms. The Kier molecular flexibility index (Phi) is 7.34. The number of nitrogen functional groups attached to an aromatic ring is 1. The second-order valence-corrected chi connectivity index (χ2v) is 8.36. The Labute approximate surface area is 197 Å². The number of nitrogens with zero attached hydrogens (tertiary/aromatic N) is 4. The number of nitrogens with one attached hydrogen (secondary N) is 1. The highest BCUT2D eigenvalue weighted by atomic mass is 16.4. The van der Waals surface area contributed by atoms with E-state index in [-0.39, 0.29) is 11.9 Å². The van der Waals surface area contributed by atoms with Crippen LogP contribution >= 0.6 is 0 Å². The molecule has 9 heteroatoms. The molecule has 2 heterocycles. The van der Waals surface area contributed by atoms with Gasteiger partial charge in [0, 0.05) is 12.6 Å². The Bertz CT molecular complexity index is 1160. The zero-order valence-electron chi connectivity index (χ0n) is 18.7. The lowest BCUT2D eigenvalue weighted by Crippen LogP contribution is -2.36. The zero-order valence-corrected chi connectivity index (χ0v) is 18.7. The molecule has 176 valence electrons. The normalized spacial score (nSPS) is 18.4. The van der Waals surface area contributed by atoms with Gasteiger partial charge in [0.25, 0.3) is 0 Å². The van der Waals surface area contributed by atoms with Crippen LogP contribution in [0.25, 0.3) is 6.08 Å². The molecular formula is C25H28N6O3. The maximum atomic E-state index is 12.2. The molecule has 1 saturated heterocycles. The SMILES string of the molecule is Nc1ccccc1NC(=O)/C=C/c1cn([C@@H]2C[C@H](C(=O)O)N(CCCc3ccccc3)C2)nn1. The summed E-state index contributed by atoms with van der Waals surface area (Å²) in [4.78, 5) is 26.0. The highest BCUT2D eigenvalue weighted by Crippen LogP contribution is 2.27. The van der Waals surface area contributed by atoms with Crippen molar-refractivity contribution < 1.29 is 14.7 Å². The third-order valence-electron chi connectivity index (χ3n) is 5.95. The molecule has 3 aromatic rings. The highest BCUT2D eigenvalue weighted by Gasteiger charge is 2.37. The molecular weight excluding hydrogens is 432 g/mol. The van der Waals surface area contributed by atoms with Gasteiger partial charge in [0.1, 0.15) is 11.7 Å². The van der Waals surface area contributed by atoms with Gasteiger partial charge in [-0.2, -0.15) is 0 Å². The van der Waals surface area contributed by atoms with Gasteiger partial charge in [-0.3, -0.25) is 14.5 Å². The van der Waals surface area contributed by atoms with Crippen LogP contribution in [0.2, 0.25) is 0 Å². The van der Waals surface area contributed by atoms with Crippen LogP contribution in [-0.2, 0) is 16.0 Å². The third-order valence-corrected chi connectivity index (χ3v) is 5.95. The van der Waals surface area contributed by atoms with Crippen LogP contribution < -0.4 is 11.1 Å². The van der Waals surface area contributed by atoms with Crippen molar-refractivity contribution in [1.82, 2.24) is 19.9 Å². The number of aromatic nitrogens is 3. The average molecular weight is 461 g/mol. The van der Waals surface area contributed by atoms with Gasteiger partial charge in [-0.05, 0) is 49.6 Å². The topological polar surface area (TPSA) is 126 Å². The lowest BCUT2D eigenvalue weighted by atomic mass is 10.1. The maximum absolute atomic E-state index is 12.2. The summed E-state index contributed by atoms with van der Waals surface area (Å²) in [5.74, 6) is -1.15. The zero-order chi connectivity index (χ0) is 23.9. The van der Waals surface area contributed by atoms with Gasteiger partial charge >= 0.3 is 5.97 Å². The van der Waals surface area contributed by atoms with E-state index in [9.17, 15) is 14.7 Å². The molecule has 2 atom stereocenters. The first-order chi connectivity index (χ1) is 16.5. The Hall–Kier alpha value is -3.98. The molecule has 2 aromatic carbocycles. The molecule has 0 saturated carbocycles. The van der Waals surface area contributed by atoms with Crippen LogP contribution in [0.5, 0.6) is 0 Å². The number of carbonyl (C=O) groups is 2. The summed E-state index contributed by atoms with van der Waals surface area (Å²) >= 11 is 0. The van der Waals surface area contributed by atoms with Gasteiger partial charge in [0.15, 0.2) is 0 Å². The number of anilines is 2. The third kappa shape index (κ3) is 5.87. The fourth-order valence-electron chi connectivity index (χ4n) is 4.20. The Morgan fingerprint density at radius 2 is 1.91 bits per heavy atom. The molecule has 0 aliphatic carbocycles. The van der Waals surface area contributed by atoms with Gasteiger partial charge in [-0.15, -0.1) is 5.10 Å². The van der Waals surface area contributed by atoms with Gasteiger partial charge < -0.3 is 16.2 Å². The first kappa shape index (κ1) is 23.2. The van der Waals surface area contributed by atoms with E-state index in [0.717, 1.165) is 12.8 Å². The number of benzene rings is 2. The van der Waals surface area contributed by atoms with Crippen LogP contribution in [0.1, 0.15) is 30.1 Å². The molecule has 1 amide bonds. The van der Waals surface area contributed by atoms with E-state index in [2.05, 4.69) is 27.8 Å². The lowest BCUT2D eigenvalue weighted by molar-refractivity contribution is -0.142. The summed E-state index contributed by atoms with van der Waals surface area (Å²) in [6.07, 6.45) is 6.92. The molecule has 4 rings (SSSR count). The van der Waals surface area contributed by atoms with Crippen LogP contribution in [0.3, 0.4) is 0 Å². The number of carboxylic acids is 1. The highest BCUT2D eigenvalue weighted by molar-refractivity contribution is 6.03. The first-order valence-corrected chi connectivity index (χ1v) is 11.3. The van der Waals surface area contributed by atoms with Crippen LogP contribution in [0.15, 0.2) is 66.9 Å². The number of aliphatic carboxylic acids is 1. The van der Waals surface area contributed by atoms with Gasteiger partial charge in [-0.1, -0.05) is 47.7 Å². The van der Waals surface area contributed by atoms with Crippen molar-refractivity contribution in [3.8, 4) is 0 Å². The first-order valence-electron chi connectivity index (χ1n) is 11.3. The van der Waals surface area contributed by atoms with Crippen LogP contribution in [0.4, 0.5) is 11.4 Å². The Morgan fingerprint density at radius 3 is 2.68 bits per heavy atom. The molecule has 9 nitrogen and oxygen atoms in total. The largest absolute Gasteiger partial charge is 0.480 e. The minimum absolute atomic E-state index is 0.0922. The fourth-order valence-corrected chi connectivity index (χ4v) is 4.20. The fraction of sp³-hybridized carbons (Fsp3) is 0.280. The number of amides is 1. The number of rotatable bonds is 9. The standard InChI is InChI=1S/C25H28N6O3/c26-21-10-4-5-11-22(21)27-24(32)13-12-19-16-31(29-28-19)20-15-23(25(33)34)30(17-20)14-6-9-18-7-2-1-3-8-18/h1-5,7-8,10-13,16,20,23H,6,9,14-15,17,26H2,(H,27,32)(H,33,34)/b13-12+/t20-,23-/m1/s1. The quantitative estimate of drug-likeness (QED) is 0.331. The second kappa shape index (κ2) is 10.8. The van der Waals surface area contributed by atoms with Crippen LogP contribution in [0, 0.1) is 0 Å². The van der Waals surface area contributed by atoms with E-state index in [1.54, 1.807) is 41.2 Å². The van der Waals surface area contributed by atoms with Crippen molar-refractivity contribution in [2.45, 2.75) is 31.3 Å². The molecule has 0 unspecified atom stereocenters. The van der Waals surface area contributed by atoms with Crippen LogP contribution in [-0.4, -0.2) is 56.0 Å². The van der Waals surface area contributed by atoms with Crippen molar-refractivity contribution in [1.29, 1.82) is 0 Å². The average Bonchev–Trinajstić information content (AvgIpc) is 3.47. The van der Waals surface area contributed by atoms with E-state index >= 15 is 0 Å². The maximum Gasteiger partial charge on any atom is 0.321 e. The number of likely N-dealkylation sites (tertiary alicyclic amines) is 1. The van der Waals surface area contributed by atoms with Crippen molar-refractivity contribution >= 4 is 29.3 Å². The second-order valence-electron chi connectivity index (χ2n) is 8.36. The molecule has 1 aromatic heterocycles. The van der Waals surface area contributed by atoms with E-state index in [0.29, 0.717) is 36.6 Å². The summed E-state index contributed by atoms with van der Waals surface area (Å²) < 4.78 is 1.69. The number of carboxylic acid groups (broad SMARTS) is 1. The molecule has 0 bridgehead atoms. The van der Waals surface area contributed by atoms with E-state index in [1.165, 1.54) is 11.6 Å². The van der Waals surface area contributed by atoms with E-state index in [1.807, 2.05) is 23.1 Å². The number of nitrogens with two attached hydrogens (primary N) is 1. The Morgan fingerprint density at radius 1 is 1.15 bits per heavy atom. The minimum atomic E-state index is -0.820. The van der Waals surface area contributed by atoms with Gasteiger partial charge in [0.2, 0.25) is 5.91 Å². The molecule has 0 spiro atoms. The summed E-state index contributed by atoms with van der Waals surface area (Å²) in [7, 11) is 0. The number of carbonyl (C=O) groups excluding carboxylic acids is 1. The Balaban J connectivity index is 1.33. The van der Waals surface area contributed by atoms with Gasteiger partial charge in [0.05, 0.1) is 23.6 Å². The van der Waals surface area contributed by atoms with Crippen molar-refractivity contribution in [2.24, 2.45) is 0 Å². The summed E-state index contributed by atoms with van der Waals surface area (Å²) in [5, 5.41) is 20.7. The monoisotopic (exact) mass is 460 g/mol. The molecule has 4 N–H and O–H groups in total. The van der Waals surface area contributed by atoms with Crippen molar-refractivity contribution in [2.75, 3.05) is 24.1 Å². The van der Waals surface area contributed by atoms with Crippen molar-refractivity contribution in [3.05, 3.63) is 78.1 Å². The minimum Gasteiger partial charge on any atom is -0.480 e. The number of hydrogen-bond acceptors (Lipinski definition) is 6. The number of aryl methyl sites for hydroxylation is 1. The lowest BCUT2D eigenvalue weighted by Gasteiger charge is -2.20. The smallest absolute Gasteiger partial charge is 0.321 e. The van der Waals surface area contributed by atoms with E-state index < -0.39 is 12.0 Å². The summed E-state index contributed by atoms with van der Waals surface area (Å²) in [5.41, 5.74) is 8.63. The molecule has 1 aliphatic heterocycles. The van der Waals surface area contributed by atoms with Crippen molar-refractivity contribution in [3.63, 3.8) is 0 Å². The number of hydrogen-bond donors (Lipinski definition) is 3.